The maximum atomic E-state index is 11.1. The van der Waals surface area contributed by atoms with E-state index < -0.39 is 5.60 Å². The Bertz CT molecular complexity index is 903. The fraction of sp³-hybridized carbons (Fsp3) is 0.500. The van der Waals surface area contributed by atoms with E-state index in [1.54, 1.807) is 17.7 Å². The topological polar surface area (TPSA) is 106 Å². The van der Waals surface area contributed by atoms with Crippen molar-refractivity contribution in [1.29, 1.82) is 0 Å². The molecule has 0 bridgehead atoms. The van der Waals surface area contributed by atoms with Gasteiger partial charge in [-0.25, -0.2) is 19.9 Å². The van der Waals surface area contributed by atoms with Gasteiger partial charge in [0.05, 0.1) is 28.7 Å². The molecule has 0 amide bonds. The third-order valence-corrected chi connectivity index (χ3v) is 5.58. The Kier molecular flexibility index (Phi) is 3.94. The second-order valence-electron chi connectivity index (χ2n) is 6.81. The second kappa shape index (κ2) is 6.01. The Morgan fingerprint density at radius 3 is 2.96 bits per heavy atom. The van der Waals surface area contributed by atoms with Crippen molar-refractivity contribution in [2.75, 3.05) is 18.8 Å². The monoisotopic (exact) mass is 359 g/mol. The fourth-order valence-electron chi connectivity index (χ4n) is 3.63. The average Bonchev–Trinajstić information content (AvgIpc) is 3.14. The molecule has 1 saturated heterocycles. The van der Waals surface area contributed by atoms with E-state index in [4.69, 9.17) is 5.73 Å². The summed E-state index contributed by atoms with van der Waals surface area (Å²) >= 11 is 1.66. The molecule has 0 radical (unpaired) electrons. The molecule has 0 unspecified atom stereocenters. The van der Waals surface area contributed by atoms with Crippen molar-refractivity contribution in [1.82, 2.24) is 29.4 Å². The highest BCUT2D eigenvalue weighted by molar-refractivity contribution is 7.09. The fourth-order valence-corrected chi connectivity index (χ4v) is 4.24. The van der Waals surface area contributed by atoms with Gasteiger partial charge >= 0.3 is 0 Å². The normalized spacial score (nSPS) is 24.8. The highest BCUT2D eigenvalue weighted by atomic mass is 32.1. The van der Waals surface area contributed by atoms with Gasteiger partial charge in [-0.05, 0) is 20.3 Å². The highest BCUT2D eigenvalue weighted by Gasteiger charge is 2.40. The molecule has 9 heteroatoms. The number of rotatable bonds is 3. The van der Waals surface area contributed by atoms with E-state index in [-0.39, 0.29) is 6.04 Å². The Morgan fingerprint density at radius 1 is 1.40 bits per heavy atom. The second-order valence-corrected chi connectivity index (χ2v) is 7.88. The van der Waals surface area contributed by atoms with Crippen molar-refractivity contribution < 1.29 is 5.11 Å². The number of likely N-dealkylation sites (tertiary alicyclic amines) is 1. The number of piperidine rings is 1. The van der Waals surface area contributed by atoms with E-state index in [1.807, 2.05) is 18.4 Å². The minimum Gasteiger partial charge on any atom is -0.387 e. The summed E-state index contributed by atoms with van der Waals surface area (Å²) in [5, 5.41) is 14.3. The van der Waals surface area contributed by atoms with Gasteiger partial charge in [0.15, 0.2) is 11.5 Å². The minimum atomic E-state index is -0.906. The van der Waals surface area contributed by atoms with E-state index in [0.717, 1.165) is 30.2 Å². The lowest BCUT2D eigenvalue weighted by Crippen LogP contribution is -2.52. The maximum Gasteiger partial charge on any atom is 0.165 e. The van der Waals surface area contributed by atoms with Crippen LogP contribution in [-0.2, 0) is 6.54 Å². The molecule has 0 aromatic carbocycles. The minimum absolute atomic E-state index is 0.111. The number of hydrogen-bond donors (Lipinski definition) is 2. The molecule has 1 fully saturated rings. The third kappa shape index (κ3) is 2.99. The number of imidazole rings is 1. The molecule has 4 rings (SSSR count). The first-order valence-corrected chi connectivity index (χ1v) is 9.11. The van der Waals surface area contributed by atoms with E-state index in [1.165, 1.54) is 6.33 Å². The zero-order chi connectivity index (χ0) is 17.6. The van der Waals surface area contributed by atoms with E-state index in [2.05, 4.69) is 30.2 Å². The molecule has 0 spiro atoms. The number of aromatic nitrogens is 5. The number of nitrogens with two attached hydrogens (primary N) is 1. The molecule has 3 aromatic heterocycles. The predicted octanol–water partition coefficient (Wildman–Crippen LogP) is 1.37. The summed E-state index contributed by atoms with van der Waals surface area (Å²) in [4.78, 5) is 19.4. The first-order chi connectivity index (χ1) is 11.9. The lowest BCUT2D eigenvalue weighted by atomic mass is 9.88. The maximum absolute atomic E-state index is 11.1. The third-order valence-electron chi connectivity index (χ3n) is 4.76. The van der Waals surface area contributed by atoms with Gasteiger partial charge in [-0.2, -0.15) is 0 Å². The number of nitrogen functional groups attached to an aromatic ring is 1. The van der Waals surface area contributed by atoms with Crippen molar-refractivity contribution in [3.05, 3.63) is 28.7 Å². The first-order valence-electron chi connectivity index (χ1n) is 8.23. The standard InChI is InChI=1S/C16H21N7OS/c1-10-21-11(6-25-10)5-22-4-3-12(16(2,24)7-22)23-9-20-13-14(17)18-8-19-15(13)23/h6,8-9,12,24H,3-5,7H2,1-2H3,(H2,17,18,19)/t12-,16-/m1/s1. The zero-order valence-electron chi connectivity index (χ0n) is 14.3. The number of fused-ring (bicyclic) bond motifs is 1. The number of β-amino-alcohol motifs (C(OH)–C–C–N with tert-alkyl or cyclic N) is 1. The Morgan fingerprint density at radius 2 is 2.24 bits per heavy atom. The summed E-state index contributed by atoms with van der Waals surface area (Å²) in [6.45, 7) is 6.07. The van der Waals surface area contributed by atoms with Crippen LogP contribution in [0.25, 0.3) is 11.2 Å². The summed E-state index contributed by atoms with van der Waals surface area (Å²) in [5.41, 5.74) is 7.28. The van der Waals surface area contributed by atoms with Crippen LogP contribution >= 0.6 is 11.3 Å². The van der Waals surface area contributed by atoms with Crippen molar-refractivity contribution >= 4 is 28.3 Å². The molecule has 2 atom stereocenters. The van der Waals surface area contributed by atoms with E-state index in [9.17, 15) is 5.11 Å². The Balaban J connectivity index is 1.57. The summed E-state index contributed by atoms with van der Waals surface area (Å²) in [6.07, 6.45) is 3.93. The molecular formula is C16H21N7OS. The number of aryl methyl sites for hydroxylation is 1. The largest absolute Gasteiger partial charge is 0.387 e. The van der Waals surface area contributed by atoms with Gasteiger partial charge in [0, 0.05) is 25.0 Å². The number of anilines is 1. The van der Waals surface area contributed by atoms with Gasteiger partial charge in [-0.3, -0.25) is 4.90 Å². The molecule has 8 nitrogen and oxygen atoms in total. The van der Waals surface area contributed by atoms with Gasteiger partial charge in [0.25, 0.3) is 0 Å². The highest BCUT2D eigenvalue weighted by Crippen LogP contribution is 2.34. The average molecular weight is 359 g/mol. The molecule has 1 aliphatic rings. The summed E-state index contributed by atoms with van der Waals surface area (Å²) in [6, 6.07) is -0.111. The molecular weight excluding hydrogens is 338 g/mol. The van der Waals surface area contributed by atoms with E-state index in [0.29, 0.717) is 23.5 Å². The number of aliphatic hydroxyl groups is 1. The van der Waals surface area contributed by atoms with Crippen molar-refractivity contribution in [3.8, 4) is 0 Å². The zero-order valence-corrected chi connectivity index (χ0v) is 15.1. The molecule has 25 heavy (non-hydrogen) atoms. The number of nitrogens with zero attached hydrogens (tertiary/aromatic N) is 6. The van der Waals surface area contributed by atoms with Crippen molar-refractivity contribution in [2.45, 2.75) is 38.5 Å². The molecule has 0 aliphatic carbocycles. The summed E-state index contributed by atoms with van der Waals surface area (Å²) in [5.74, 6) is 0.361. The van der Waals surface area contributed by atoms with Crippen LogP contribution in [-0.4, -0.2) is 53.2 Å². The van der Waals surface area contributed by atoms with Crippen LogP contribution in [0.2, 0.25) is 0 Å². The molecule has 4 heterocycles. The van der Waals surface area contributed by atoms with Crippen LogP contribution in [0.5, 0.6) is 0 Å². The van der Waals surface area contributed by atoms with Crippen LogP contribution < -0.4 is 5.73 Å². The predicted molar refractivity (Wildman–Crippen MR) is 96.1 cm³/mol. The van der Waals surface area contributed by atoms with Crippen LogP contribution in [0.1, 0.15) is 30.1 Å². The van der Waals surface area contributed by atoms with Gasteiger partial charge in [-0.1, -0.05) is 0 Å². The SMILES string of the molecule is Cc1nc(CN2CC[C@@H](n3cnc4c(N)ncnc43)[C@](C)(O)C2)cs1. The van der Waals surface area contributed by atoms with Crippen molar-refractivity contribution in [3.63, 3.8) is 0 Å². The van der Waals surface area contributed by atoms with Gasteiger partial charge < -0.3 is 15.4 Å². The number of hydrogen-bond acceptors (Lipinski definition) is 8. The van der Waals surface area contributed by atoms with Crippen LogP contribution in [0, 0.1) is 6.92 Å². The first kappa shape index (κ1) is 16.4. The van der Waals surface area contributed by atoms with Crippen LogP contribution in [0.3, 0.4) is 0 Å². The molecule has 0 saturated carbocycles. The quantitative estimate of drug-likeness (QED) is 0.727. The molecule has 3 N–H and O–H groups in total. The van der Waals surface area contributed by atoms with Crippen LogP contribution in [0.15, 0.2) is 18.0 Å². The van der Waals surface area contributed by atoms with E-state index >= 15 is 0 Å². The molecule has 1 aliphatic heterocycles. The summed E-state index contributed by atoms with van der Waals surface area (Å²) < 4.78 is 1.93. The van der Waals surface area contributed by atoms with Gasteiger partial charge in [-0.15, -0.1) is 11.3 Å². The van der Waals surface area contributed by atoms with Crippen molar-refractivity contribution in [2.24, 2.45) is 0 Å². The number of thiazole rings is 1. The van der Waals surface area contributed by atoms with Gasteiger partial charge in [0.2, 0.25) is 0 Å². The van der Waals surface area contributed by atoms with Crippen LogP contribution in [0.4, 0.5) is 5.82 Å². The lowest BCUT2D eigenvalue weighted by molar-refractivity contribution is -0.0581. The smallest absolute Gasteiger partial charge is 0.165 e. The lowest BCUT2D eigenvalue weighted by Gasteiger charge is -2.43. The van der Waals surface area contributed by atoms with Gasteiger partial charge in [0.1, 0.15) is 11.8 Å². The Hall–Kier alpha value is -2.10. The molecule has 3 aromatic rings. The summed E-state index contributed by atoms with van der Waals surface area (Å²) in [7, 11) is 0. The Labute approximate surface area is 149 Å². The molecule has 132 valence electrons.